The average Bonchev–Trinajstić information content (AvgIpc) is 3.22. The molecule has 1 heterocycles. The number of nitrogens with one attached hydrogen (secondary N) is 1. The molecule has 3 aromatic carbocycles. The van der Waals surface area contributed by atoms with E-state index in [1.807, 2.05) is 42.5 Å². The Morgan fingerprint density at radius 2 is 1.61 bits per heavy atom. The minimum absolute atomic E-state index is 0.230. The number of anilines is 1. The van der Waals surface area contributed by atoms with Gasteiger partial charge in [0.2, 0.25) is 0 Å². The number of benzene rings is 3. The number of thiazole rings is 1. The highest BCUT2D eigenvalue weighted by atomic mass is 32.1. The fourth-order valence-corrected chi connectivity index (χ4v) is 4.14. The van der Waals surface area contributed by atoms with Crippen molar-refractivity contribution >= 4 is 29.1 Å². The van der Waals surface area contributed by atoms with E-state index in [-0.39, 0.29) is 12.5 Å². The third-order valence-electron chi connectivity index (χ3n) is 4.81. The van der Waals surface area contributed by atoms with Gasteiger partial charge >= 0.3 is 6.16 Å². The van der Waals surface area contributed by atoms with E-state index in [2.05, 4.69) is 24.4 Å². The molecule has 0 radical (unpaired) electrons. The lowest BCUT2D eigenvalue weighted by molar-refractivity contribution is 0.102. The molecule has 1 amide bonds. The van der Waals surface area contributed by atoms with Gasteiger partial charge in [-0.15, -0.1) is 11.3 Å². The zero-order chi connectivity index (χ0) is 23.2. The van der Waals surface area contributed by atoms with Crippen molar-refractivity contribution in [3.63, 3.8) is 0 Å². The second kappa shape index (κ2) is 10.1. The van der Waals surface area contributed by atoms with Crippen molar-refractivity contribution in [1.29, 1.82) is 0 Å². The number of aryl methyl sites for hydroxylation is 1. The molecule has 0 aliphatic heterocycles. The summed E-state index contributed by atoms with van der Waals surface area (Å²) in [7, 11) is 0. The maximum atomic E-state index is 12.6. The first-order valence-electron chi connectivity index (χ1n) is 10.4. The lowest BCUT2D eigenvalue weighted by Gasteiger charge is -2.08. The zero-order valence-electron chi connectivity index (χ0n) is 18.2. The third kappa shape index (κ3) is 5.45. The van der Waals surface area contributed by atoms with Crippen molar-refractivity contribution in [2.75, 3.05) is 11.9 Å². The fraction of sp³-hybridized carbons (Fsp3) is 0.115. The summed E-state index contributed by atoms with van der Waals surface area (Å²) in [4.78, 5) is 29.9. The highest BCUT2D eigenvalue weighted by Crippen LogP contribution is 2.33. The first-order valence-corrected chi connectivity index (χ1v) is 11.2. The zero-order valence-corrected chi connectivity index (χ0v) is 19.0. The van der Waals surface area contributed by atoms with Crippen molar-refractivity contribution in [2.45, 2.75) is 13.8 Å². The predicted molar refractivity (Wildman–Crippen MR) is 130 cm³/mol. The number of hydrogen-bond donors (Lipinski definition) is 1. The van der Waals surface area contributed by atoms with Crippen LogP contribution in [0.3, 0.4) is 0 Å². The van der Waals surface area contributed by atoms with Gasteiger partial charge in [0.25, 0.3) is 5.91 Å². The largest absolute Gasteiger partial charge is 0.513 e. The molecule has 33 heavy (non-hydrogen) atoms. The van der Waals surface area contributed by atoms with Crippen molar-refractivity contribution in [2.24, 2.45) is 0 Å². The molecule has 0 bridgehead atoms. The molecule has 0 spiro atoms. The Hall–Kier alpha value is -3.97. The van der Waals surface area contributed by atoms with Gasteiger partial charge < -0.3 is 14.8 Å². The molecule has 0 aliphatic rings. The Bertz CT molecular complexity index is 1250. The third-order valence-corrected chi connectivity index (χ3v) is 5.83. The van der Waals surface area contributed by atoms with Crippen molar-refractivity contribution in [3.05, 3.63) is 89.3 Å². The van der Waals surface area contributed by atoms with E-state index in [4.69, 9.17) is 14.5 Å². The molecule has 1 N–H and O–H groups in total. The van der Waals surface area contributed by atoms with Crippen LogP contribution in [-0.4, -0.2) is 23.7 Å². The fourth-order valence-electron chi connectivity index (χ4n) is 3.20. The van der Waals surface area contributed by atoms with Crippen molar-refractivity contribution < 1.29 is 19.1 Å². The van der Waals surface area contributed by atoms with Crippen LogP contribution in [0.1, 0.15) is 22.2 Å². The lowest BCUT2D eigenvalue weighted by atomic mass is 10.1. The Labute approximate surface area is 195 Å². The molecule has 0 saturated carbocycles. The van der Waals surface area contributed by atoms with Crippen LogP contribution in [0, 0.1) is 6.92 Å². The number of rotatable bonds is 6. The van der Waals surface area contributed by atoms with Crippen LogP contribution >= 0.6 is 11.3 Å². The van der Waals surface area contributed by atoms with Gasteiger partial charge in [-0.2, -0.15) is 0 Å². The summed E-state index contributed by atoms with van der Waals surface area (Å²) < 4.78 is 9.74. The van der Waals surface area contributed by atoms with Gasteiger partial charge in [-0.1, -0.05) is 42.5 Å². The van der Waals surface area contributed by atoms with E-state index < -0.39 is 6.16 Å². The molecule has 0 aliphatic carbocycles. The normalized spacial score (nSPS) is 10.5. The molecule has 166 valence electrons. The van der Waals surface area contributed by atoms with E-state index >= 15 is 0 Å². The molecule has 7 heteroatoms. The summed E-state index contributed by atoms with van der Waals surface area (Å²) >= 11 is 1.66. The van der Waals surface area contributed by atoms with Gasteiger partial charge in [0, 0.05) is 27.3 Å². The Morgan fingerprint density at radius 1 is 0.909 bits per heavy atom. The molecule has 1 aromatic heterocycles. The highest BCUT2D eigenvalue weighted by Gasteiger charge is 2.12. The first-order chi connectivity index (χ1) is 16.0. The molecule has 0 unspecified atom stereocenters. The van der Waals surface area contributed by atoms with E-state index in [0.717, 1.165) is 26.7 Å². The second-order valence-electron chi connectivity index (χ2n) is 7.13. The van der Waals surface area contributed by atoms with Gasteiger partial charge in [-0.3, -0.25) is 4.79 Å². The minimum atomic E-state index is -0.777. The van der Waals surface area contributed by atoms with Crippen LogP contribution in [0.25, 0.3) is 21.8 Å². The van der Waals surface area contributed by atoms with Crippen LogP contribution in [-0.2, 0) is 4.74 Å². The number of nitrogens with zero attached hydrogens (tertiary/aromatic N) is 1. The number of hydrogen-bond acceptors (Lipinski definition) is 6. The van der Waals surface area contributed by atoms with Gasteiger partial charge in [-0.05, 0) is 50.2 Å². The quantitative estimate of drug-likeness (QED) is 0.261. The summed E-state index contributed by atoms with van der Waals surface area (Å²) in [6.45, 7) is 3.99. The number of carbonyl (C=O) groups excluding carboxylic acids is 2. The molecule has 0 fully saturated rings. The van der Waals surface area contributed by atoms with Crippen LogP contribution in [0.15, 0.2) is 78.9 Å². The van der Waals surface area contributed by atoms with Crippen LogP contribution < -0.4 is 10.1 Å². The second-order valence-corrected chi connectivity index (χ2v) is 8.33. The average molecular weight is 459 g/mol. The number of aromatic nitrogens is 1. The summed E-state index contributed by atoms with van der Waals surface area (Å²) in [5, 5.41) is 3.86. The summed E-state index contributed by atoms with van der Waals surface area (Å²) in [5.41, 5.74) is 4.14. The summed E-state index contributed by atoms with van der Waals surface area (Å²) in [5.74, 6) is 0.0458. The Kier molecular flexibility index (Phi) is 6.80. The molecule has 4 aromatic rings. The van der Waals surface area contributed by atoms with Crippen LogP contribution in [0.4, 0.5) is 10.5 Å². The summed E-state index contributed by atoms with van der Waals surface area (Å²) in [6, 6.07) is 24.0. The van der Waals surface area contributed by atoms with Crippen molar-refractivity contribution in [3.8, 4) is 27.6 Å². The van der Waals surface area contributed by atoms with E-state index in [0.29, 0.717) is 17.0 Å². The number of carbonyl (C=O) groups is 2. The maximum Gasteiger partial charge on any atom is 0.513 e. The number of ether oxygens (including phenoxy) is 2. The van der Waals surface area contributed by atoms with Crippen LogP contribution in [0.5, 0.6) is 5.75 Å². The molecule has 4 rings (SSSR count). The van der Waals surface area contributed by atoms with E-state index in [1.54, 1.807) is 42.5 Å². The van der Waals surface area contributed by atoms with Gasteiger partial charge in [0.15, 0.2) is 0 Å². The Balaban J connectivity index is 1.42. The molecular formula is C26H22N2O4S. The van der Waals surface area contributed by atoms with Gasteiger partial charge in [0.05, 0.1) is 12.3 Å². The molecule has 6 nitrogen and oxygen atoms in total. The molecular weight excluding hydrogens is 436 g/mol. The van der Waals surface area contributed by atoms with E-state index in [9.17, 15) is 9.59 Å². The molecule has 0 atom stereocenters. The van der Waals surface area contributed by atoms with Gasteiger partial charge in [0.1, 0.15) is 10.8 Å². The monoisotopic (exact) mass is 458 g/mol. The topological polar surface area (TPSA) is 77.5 Å². The predicted octanol–water partition coefficient (Wildman–Crippen LogP) is 6.57. The standard InChI is InChI=1S/C26H22N2O4S/c1-3-31-26(30)32-22-15-11-19(12-16-22)24(29)27-21-13-9-18(10-14-21)23-17(2)33-25(28-23)20-7-5-4-6-8-20/h4-16H,3H2,1-2H3,(H,27,29). The van der Waals surface area contributed by atoms with Gasteiger partial charge in [-0.25, -0.2) is 9.78 Å². The summed E-state index contributed by atoms with van der Waals surface area (Å²) in [6.07, 6.45) is -0.777. The maximum absolute atomic E-state index is 12.6. The molecule has 0 saturated heterocycles. The first kappa shape index (κ1) is 22.2. The van der Waals surface area contributed by atoms with E-state index in [1.165, 1.54) is 0 Å². The van der Waals surface area contributed by atoms with Crippen molar-refractivity contribution in [1.82, 2.24) is 4.98 Å². The van der Waals surface area contributed by atoms with Crippen LogP contribution in [0.2, 0.25) is 0 Å². The smallest absolute Gasteiger partial charge is 0.434 e. The minimum Gasteiger partial charge on any atom is -0.434 e. The Morgan fingerprint density at radius 3 is 2.27 bits per heavy atom. The SMILES string of the molecule is CCOC(=O)Oc1ccc(C(=O)Nc2ccc(-c3nc(-c4ccccc4)sc3C)cc2)cc1. The highest BCUT2D eigenvalue weighted by molar-refractivity contribution is 7.15. The lowest BCUT2D eigenvalue weighted by Crippen LogP contribution is -2.12. The number of amides is 1.